The van der Waals surface area contributed by atoms with E-state index in [1.165, 1.54) is 0 Å². The molecule has 0 radical (unpaired) electrons. The Morgan fingerprint density at radius 3 is 2.53 bits per heavy atom. The molecular weight excluding hydrogens is 218 g/mol. The summed E-state index contributed by atoms with van der Waals surface area (Å²) in [7, 11) is 1.86. The molecule has 1 aromatic heterocycles. The monoisotopic (exact) mass is 241 g/mol. The second kappa shape index (κ2) is 5.60. The predicted octanol–water partition coefficient (Wildman–Crippen LogP) is 2.47. The van der Waals surface area contributed by atoms with Crippen LogP contribution in [-0.2, 0) is 4.74 Å². The first kappa shape index (κ1) is 14.1. The molecule has 0 amide bonds. The minimum absolute atomic E-state index is 0.0542. The van der Waals surface area contributed by atoms with Crippen LogP contribution in [0.2, 0.25) is 0 Å². The van der Waals surface area contributed by atoms with Crippen LogP contribution in [0.25, 0.3) is 0 Å². The van der Waals surface area contributed by atoms with Crippen molar-refractivity contribution >= 4 is 0 Å². The lowest BCUT2D eigenvalue weighted by molar-refractivity contribution is -0.0203. The lowest BCUT2D eigenvalue weighted by atomic mass is 9.88. The van der Waals surface area contributed by atoms with E-state index in [1.54, 1.807) is 0 Å². The molecule has 0 aliphatic rings. The highest BCUT2D eigenvalue weighted by atomic mass is 16.5. The largest absolute Gasteiger partial charge is 0.370 e. The fraction of sp³-hybridized carbons (Fsp3) is 0.833. The Hall–Kier alpha value is -0.940. The van der Waals surface area contributed by atoms with Crippen molar-refractivity contribution in [3.63, 3.8) is 0 Å². The highest BCUT2D eigenvalue weighted by Gasteiger charge is 2.31. The zero-order chi connectivity index (χ0) is 13.1. The Bertz CT molecular complexity index is 344. The van der Waals surface area contributed by atoms with E-state index in [1.807, 2.05) is 20.9 Å². The van der Waals surface area contributed by atoms with Crippen molar-refractivity contribution in [3.8, 4) is 0 Å². The lowest BCUT2D eigenvalue weighted by Gasteiger charge is -2.27. The van der Waals surface area contributed by atoms with Gasteiger partial charge in [-0.2, -0.15) is 4.98 Å². The van der Waals surface area contributed by atoms with Crippen LogP contribution < -0.4 is 5.32 Å². The minimum atomic E-state index is -0.144. The van der Waals surface area contributed by atoms with E-state index in [9.17, 15) is 0 Å². The highest BCUT2D eigenvalue weighted by Crippen LogP contribution is 2.34. The van der Waals surface area contributed by atoms with Gasteiger partial charge >= 0.3 is 0 Å². The van der Waals surface area contributed by atoms with Crippen molar-refractivity contribution < 1.29 is 9.26 Å². The van der Waals surface area contributed by atoms with Crippen LogP contribution >= 0.6 is 0 Å². The van der Waals surface area contributed by atoms with Gasteiger partial charge in [0.1, 0.15) is 6.10 Å². The van der Waals surface area contributed by atoms with Crippen LogP contribution in [0.1, 0.15) is 58.5 Å². The van der Waals surface area contributed by atoms with Crippen LogP contribution in [0, 0.1) is 5.41 Å². The molecule has 0 saturated carbocycles. The maximum Gasteiger partial charge on any atom is 0.243 e. The molecule has 0 aliphatic carbocycles. The van der Waals surface area contributed by atoms with Crippen molar-refractivity contribution in [1.29, 1.82) is 0 Å². The zero-order valence-electron chi connectivity index (χ0n) is 11.6. The van der Waals surface area contributed by atoms with Crippen LogP contribution in [0.15, 0.2) is 4.52 Å². The first-order valence-electron chi connectivity index (χ1n) is 6.02. The topological polar surface area (TPSA) is 60.2 Å². The molecule has 17 heavy (non-hydrogen) atoms. The van der Waals surface area contributed by atoms with Crippen molar-refractivity contribution in [3.05, 3.63) is 11.7 Å². The van der Waals surface area contributed by atoms with Crippen molar-refractivity contribution in [1.82, 2.24) is 15.5 Å². The van der Waals surface area contributed by atoms with Gasteiger partial charge in [0.25, 0.3) is 0 Å². The summed E-state index contributed by atoms with van der Waals surface area (Å²) < 4.78 is 10.9. The van der Waals surface area contributed by atoms with E-state index in [4.69, 9.17) is 9.26 Å². The third-order valence-electron chi connectivity index (χ3n) is 2.62. The Morgan fingerprint density at radius 2 is 2.06 bits per heavy atom. The summed E-state index contributed by atoms with van der Waals surface area (Å²) in [5, 5.41) is 7.09. The van der Waals surface area contributed by atoms with Gasteiger partial charge in [0, 0.05) is 6.61 Å². The average Bonchev–Trinajstić information content (AvgIpc) is 2.72. The van der Waals surface area contributed by atoms with E-state index < -0.39 is 0 Å². The first-order chi connectivity index (χ1) is 7.90. The van der Waals surface area contributed by atoms with Crippen molar-refractivity contribution in [2.75, 3.05) is 13.7 Å². The summed E-state index contributed by atoms with van der Waals surface area (Å²) >= 11 is 0. The molecule has 5 heteroatoms. The number of aromatic nitrogens is 2. The molecule has 1 N–H and O–H groups in total. The average molecular weight is 241 g/mol. The molecule has 0 saturated heterocycles. The smallest absolute Gasteiger partial charge is 0.243 e. The first-order valence-corrected chi connectivity index (χ1v) is 6.02. The van der Waals surface area contributed by atoms with Crippen molar-refractivity contribution in [2.24, 2.45) is 5.41 Å². The number of ether oxygens (including phenoxy) is 1. The Kier molecular flexibility index (Phi) is 4.65. The van der Waals surface area contributed by atoms with Crippen LogP contribution in [0.5, 0.6) is 0 Å². The summed E-state index contributed by atoms with van der Waals surface area (Å²) in [6.45, 7) is 10.9. The summed E-state index contributed by atoms with van der Waals surface area (Å²) in [6, 6.07) is 0.0542. The van der Waals surface area contributed by atoms with Gasteiger partial charge in [-0.25, -0.2) is 0 Å². The molecule has 5 nitrogen and oxygen atoms in total. The molecule has 1 heterocycles. The molecule has 98 valence electrons. The molecule has 2 atom stereocenters. The number of nitrogens with one attached hydrogen (secondary N) is 1. The molecule has 1 aromatic rings. The van der Waals surface area contributed by atoms with E-state index in [0.29, 0.717) is 18.3 Å². The zero-order valence-corrected chi connectivity index (χ0v) is 11.6. The van der Waals surface area contributed by atoms with E-state index in [-0.39, 0.29) is 17.6 Å². The fourth-order valence-electron chi connectivity index (χ4n) is 1.53. The number of rotatable bonds is 5. The maximum absolute atomic E-state index is 5.71. The molecular formula is C12H23N3O2. The predicted molar refractivity (Wildman–Crippen MR) is 65.6 cm³/mol. The van der Waals surface area contributed by atoms with Gasteiger partial charge in [-0.15, -0.1) is 0 Å². The standard InChI is InChI=1S/C12H23N3O2/c1-7-16-9(12(3,4)5)10-14-11(17-15-10)8(2)13-6/h8-9,13H,7H2,1-6H3. The van der Waals surface area contributed by atoms with E-state index >= 15 is 0 Å². The van der Waals surface area contributed by atoms with Gasteiger partial charge < -0.3 is 14.6 Å². The summed E-state index contributed by atoms with van der Waals surface area (Å²) in [5.41, 5.74) is -0.0555. The van der Waals surface area contributed by atoms with Gasteiger partial charge in [-0.3, -0.25) is 0 Å². The molecule has 0 bridgehead atoms. The fourth-order valence-corrected chi connectivity index (χ4v) is 1.53. The van der Waals surface area contributed by atoms with Gasteiger partial charge in [0.15, 0.2) is 0 Å². The summed E-state index contributed by atoms with van der Waals surface area (Å²) in [6.07, 6.45) is -0.144. The van der Waals surface area contributed by atoms with Gasteiger partial charge in [-0.05, 0) is 26.3 Å². The number of hydrogen-bond acceptors (Lipinski definition) is 5. The number of hydrogen-bond donors (Lipinski definition) is 1. The highest BCUT2D eigenvalue weighted by molar-refractivity contribution is 4.98. The lowest BCUT2D eigenvalue weighted by Crippen LogP contribution is -2.23. The Balaban J connectivity index is 2.92. The Morgan fingerprint density at radius 1 is 1.41 bits per heavy atom. The molecule has 0 aliphatic heterocycles. The molecule has 0 fully saturated rings. The maximum atomic E-state index is 5.71. The number of nitrogens with zero attached hydrogens (tertiary/aromatic N) is 2. The quantitative estimate of drug-likeness (QED) is 0.858. The molecule has 2 unspecified atom stereocenters. The second-order valence-electron chi connectivity index (χ2n) is 5.20. The summed E-state index contributed by atoms with van der Waals surface area (Å²) in [5.74, 6) is 1.22. The normalized spacial score (nSPS) is 15.9. The van der Waals surface area contributed by atoms with E-state index in [2.05, 4.69) is 36.2 Å². The Labute approximate surface area is 103 Å². The van der Waals surface area contributed by atoms with E-state index in [0.717, 1.165) is 0 Å². The minimum Gasteiger partial charge on any atom is -0.370 e. The van der Waals surface area contributed by atoms with Gasteiger partial charge in [0.2, 0.25) is 11.7 Å². The molecule has 0 aromatic carbocycles. The van der Waals surface area contributed by atoms with Gasteiger partial charge in [0.05, 0.1) is 6.04 Å². The SMILES string of the molecule is CCOC(c1noc(C(C)NC)n1)C(C)(C)C. The molecule has 1 rings (SSSR count). The van der Waals surface area contributed by atoms with Crippen LogP contribution in [0.4, 0.5) is 0 Å². The second-order valence-corrected chi connectivity index (χ2v) is 5.20. The van der Waals surface area contributed by atoms with Gasteiger partial charge in [-0.1, -0.05) is 25.9 Å². The van der Waals surface area contributed by atoms with Crippen molar-refractivity contribution in [2.45, 2.75) is 46.8 Å². The summed E-state index contributed by atoms with van der Waals surface area (Å²) in [4.78, 5) is 4.40. The molecule has 0 spiro atoms. The van der Waals surface area contributed by atoms with Crippen LogP contribution in [0.3, 0.4) is 0 Å². The van der Waals surface area contributed by atoms with Crippen LogP contribution in [-0.4, -0.2) is 23.8 Å². The third kappa shape index (κ3) is 3.51. The third-order valence-corrected chi connectivity index (χ3v) is 2.62.